The number of amides is 1. The van der Waals surface area contributed by atoms with Crippen molar-refractivity contribution in [3.05, 3.63) is 41.0 Å². The highest BCUT2D eigenvalue weighted by atomic mass is 16.7. The number of ether oxygens (including phenoxy) is 5. The second-order valence-electron chi connectivity index (χ2n) is 12.5. The minimum atomic E-state index is -0.597. The molecule has 7 N–H and O–H groups in total. The van der Waals surface area contributed by atoms with Gasteiger partial charge in [-0.3, -0.25) is 9.59 Å². The van der Waals surface area contributed by atoms with E-state index in [0.717, 1.165) is 88.9 Å². The summed E-state index contributed by atoms with van der Waals surface area (Å²) in [5.41, 5.74) is 7.86. The molecule has 3 aliphatic rings. The molecular formula is C35H51N5O8. The van der Waals surface area contributed by atoms with Crippen LogP contribution in [0.3, 0.4) is 0 Å². The maximum atomic E-state index is 13.3. The number of carbonyl (C=O) groups excluding carboxylic acids is 2. The second kappa shape index (κ2) is 17.6. The molecule has 0 radical (unpaired) electrons. The third-order valence-electron chi connectivity index (χ3n) is 9.37. The summed E-state index contributed by atoms with van der Waals surface area (Å²) < 4.78 is 27.9. The van der Waals surface area contributed by atoms with Crippen LogP contribution < -0.4 is 45.9 Å². The van der Waals surface area contributed by atoms with Crippen LogP contribution in [0.1, 0.15) is 67.2 Å². The van der Waals surface area contributed by atoms with Crippen molar-refractivity contribution >= 4 is 11.9 Å². The molecule has 13 heteroatoms. The molecule has 1 saturated heterocycles. The fraction of sp³-hybridized carbons (Fsp3) is 0.600. The molecule has 2 aromatic carbocycles. The number of carbonyl (C=O) groups is 2. The average molecular weight is 670 g/mol. The molecule has 4 atom stereocenters. The van der Waals surface area contributed by atoms with Gasteiger partial charge < -0.3 is 55.8 Å². The van der Waals surface area contributed by atoms with Crippen molar-refractivity contribution < 1.29 is 38.4 Å². The van der Waals surface area contributed by atoms with Crippen molar-refractivity contribution in [2.24, 2.45) is 17.6 Å². The van der Waals surface area contributed by atoms with Gasteiger partial charge >= 0.3 is 5.97 Å². The number of aromatic hydroxyl groups is 1. The third kappa shape index (κ3) is 8.43. The van der Waals surface area contributed by atoms with Crippen LogP contribution >= 0.6 is 0 Å². The predicted molar refractivity (Wildman–Crippen MR) is 180 cm³/mol. The number of hydrogen-bond acceptors (Lipinski definition) is 12. The Balaban J connectivity index is 1.17. The zero-order valence-corrected chi connectivity index (χ0v) is 28.1. The Hall–Kier alpha value is -3.78. The molecule has 0 saturated carbocycles. The van der Waals surface area contributed by atoms with Crippen molar-refractivity contribution in [3.63, 3.8) is 0 Å². The van der Waals surface area contributed by atoms with Gasteiger partial charge in [0.25, 0.3) is 0 Å². The van der Waals surface area contributed by atoms with Gasteiger partial charge in [-0.1, -0.05) is 0 Å². The number of phenolic OH excluding ortho intramolecular Hbond substituents is 1. The van der Waals surface area contributed by atoms with Crippen LogP contribution in [0, 0.1) is 11.8 Å². The Morgan fingerprint density at radius 2 is 1.40 bits per heavy atom. The molecule has 1 aliphatic carbocycles. The van der Waals surface area contributed by atoms with E-state index in [1.807, 2.05) is 12.1 Å². The van der Waals surface area contributed by atoms with E-state index in [1.54, 1.807) is 12.1 Å². The van der Waals surface area contributed by atoms with Gasteiger partial charge in [-0.25, -0.2) is 0 Å². The first-order valence-corrected chi connectivity index (χ1v) is 17.1. The van der Waals surface area contributed by atoms with Gasteiger partial charge in [-0.05, 0) is 119 Å². The van der Waals surface area contributed by atoms with E-state index in [1.165, 1.54) is 14.2 Å². The number of cyclic esters (lactones) is 1. The summed E-state index contributed by atoms with van der Waals surface area (Å²) in [5, 5.41) is 24.0. The lowest BCUT2D eigenvalue weighted by Crippen LogP contribution is -2.45. The number of nitrogens with two attached hydrogens (primary N) is 1. The Morgan fingerprint density at radius 3 is 1.98 bits per heavy atom. The van der Waals surface area contributed by atoms with Gasteiger partial charge in [0.05, 0.1) is 39.3 Å². The average Bonchev–Trinajstić information content (AvgIpc) is 3.72. The third-order valence-corrected chi connectivity index (χ3v) is 9.37. The first kappa shape index (κ1) is 35.5. The van der Waals surface area contributed by atoms with Crippen LogP contribution in [-0.2, 0) is 14.3 Å². The number of rotatable bonds is 20. The number of phenols is 1. The van der Waals surface area contributed by atoms with Crippen LogP contribution in [0.25, 0.3) is 0 Å². The molecule has 264 valence electrons. The van der Waals surface area contributed by atoms with Crippen LogP contribution in [0.4, 0.5) is 0 Å². The summed E-state index contributed by atoms with van der Waals surface area (Å²) in [4.78, 5) is 26.6. The van der Waals surface area contributed by atoms with Gasteiger partial charge in [-0.15, -0.1) is 0 Å². The van der Waals surface area contributed by atoms with Crippen LogP contribution in [0.2, 0.25) is 0 Å². The summed E-state index contributed by atoms with van der Waals surface area (Å²) in [5.74, 6) is -0.438. The molecule has 0 bridgehead atoms. The second-order valence-corrected chi connectivity index (χ2v) is 12.5. The molecule has 0 spiro atoms. The maximum absolute atomic E-state index is 13.3. The minimum absolute atomic E-state index is 0.0859. The summed E-state index contributed by atoms with van der Waals surface area (Å²) in [6, 6.07) is 6.71. The lowest BCUT2D eigenvalue weighted by atomic mass is 9.65. The fourth-order valence-corrected chi connectivity index (χ4v) is 6.91. The molecular weight excluding hydrogens is 618 g/mol. The van der Waals surface area contributed by atoms with E-state index in [9.17, 15) is 14.7 Å². The zero-order valence-electron chi connectivity index (χ0n) is 28.1. The van der Waals surface area contributed by atoms with Gasteiger partial charge in [0.1, 0.15) is 0 Å². The summed E-state index contributed by atoms with van der Waals surface area (Å²) in [6.07, 6.45) is 6.48. The van der Waals surface area contributed by atoms with Gasteiger partial charge in [0.2, 0.25) is 18.4 Å². The predicted octanol–water partition coefficient (Wildman–Crippen LogP) is 2.30. The molecule has 2 unspecified atom stereocenters. The number of benzene rings is 2. The number of methoxy groups -OCH3 is 2. The van der Waals surface area contributed by atoms with E-state index in [0.29, 0.717) is 17.1 Å². The van der Waals surface area contributed by atoms with E-state index in [2.05, 4.69) is 21.3 Å². The highest BCUT2D eigenvalue weighted by Gasteiger charge is 2.53. The number of fused-ring (bicyclic) bond motifs is 3. The SMILES string of the molecule is COc1cc(C2c3cc4c(cc3[C@@H](NC(=O)CNCCCCNCCCCNCCCCN)[C@H]3COC(=O)C23)OCO4)cc(OC)c1O. The fourth-order valence-electron chi connectivity index (χ4n) is 6.91. The van der Waals surface area contributed by atoms with E-state index < -0.39 is 17.9 Å². The number of unbranched alkanes of at least 4 members (excludes halogenated alkanes) is 3. The largest absolute Gasteiger partial charge is 0.502 e. The highest BCUT2D eigenvalue weighted by molar-refractivity contribution is 5.81. The van der Waals surface area contributed by atoms with Crippen LogP contribution in [0.15, 0.2) is 24.3 Å². The lowest BCUT2D eigenvalue weighted by Gasteiger charge is -2.39. The summed E-state index contributed by atoms with van der Waals surface area (Å²) >= 11 is 0. The van der Waals surface area contributed by atoms with Crippen molar-refractivity contribution in [2.45, 2.75) is 50.5 Å². The standard InChI is InChI=1S/C35H51N5O8/c1-44-28-15-22(16-29(45-2)34(28)42)31-23-17-26-27(48-21-47-26)18-24(23)33(25-20-46-35(43)32(25)31)40-30(41)19-39-14-8-7-13-38-12-6-5-11-37-10-4-3-9-36/h15-18,25,31-33,37-39,42H,3-14,19-21,36H2,1-2H3,(H,40,41)/t25-,31?,32?,33+/m0/s1. The molecule has 2 aromatic rings. The molecule has 1 fully saturated rings. The van der Waals surface area contributed by atoms with E-state index in [4.69, 9.17) is 29.4 Å². The first-order valence-electron chi connectivity index (χ1n) is 17.1. The van der Waals surface area contributed by atoms with E-state index >= 15 is 0 Å². The monoisotopic (exact) mass is 669 g/mol. The topological polar surface area (TPSA) is 175 Å². The van der Waals surface area contributed by atoms with Crippen LogP contribution in [-0.4, -0.2) is 90.4 Å². The van der Waals surface area contributed by atoms with Crippen molar-refractivity contribution in [2.75, 3.05) is 73.4 Å². The summed E-state index contributed by atoms with van der Waals surface area (Å²) in [6.45, 7) is 5.93. The molecule has 13 nitrogen and oxygen atoms in total. The molecule has 2 heterocycles. The first-order chi connectivity index (χ1) is 23.5. The summed E-state index contributed by atoms with van der Waals surface area (Å²) in [7, 11) is 2.92. The number of nitrogens with one attached hydrogen (secondary N) is 4. The molecule has 5 rings (SSSR count). The molecule has 48 heavy (non-hydrogen) atoms. The number of hydrogen-bond donors (Lipinski definition) is 6. The molecule has 0 aromatic heterocycles. The normalized spacial score (nSPS) is 20.6. The van der Waals surface area contributed by atoms with Gasteiger partial charge in [0, 0.05) is 11.8 Å². The van der Waals surface area contributed by atoms with Crippen LogP contribution in [0.5, 0.6) is 28.7 Å². The molecule has 1 amide bonds. The molecule has 2 aliphatic heterocycles. The maximum Gasteiger partial charge on any atom is 0.310 e. The van der Waals surface area contributed by atoms with Gasteiger partial charge in [-0.2, -0.15) is 0 Å². The minimum Gasteiger partial charge on any atom is -0.502 e. The Bertz CT molecular complexity index is 1370. The number of esters is 1. The lowest BCUT2D eigenvalue weighted by molar-refractivity contribution is -0.141. The zero-order chi connectivity index (χ0) is 33.9. The van der Waals surface area contributed by atoms with Crippen molar-refractivity contribution in [1.82, 2.24) is 21.3 Å². The van der Waals surface area contributed by atoms with Gasteiger partial charge in [0.15, 0.2) is 23.0 Å². The van der Waals surface area contributed by atoms with E-state index in [-0.39, 0.29) is 55.0 Å². The van der Waals surface area contributed by atoms with Crippen molar-refractivity contribution in [3.8, 4) is 28.7 Å². The Kier molecular flexibility index (Phi) is 13.0. The smallest absolute Gasteiger partial charge is 0.310 e. The quantitative estimate of drug-likeness (QED) is 0.0898. The Labute approximate surface area is 282 Å². The van der Waals surface area contributed by atoms with Crippen molar-refractivity contribution in [1.29, 1.82) is 0 Å². The Morgan fingerprint density at radius 1 is 0.833 bits per heavy atom. The highest BCUT2D eigenvalue weighted by Crippen LogP contribution is 2.55.